The minimum Gasteiger partial charge on any atom is -0.491 e. The van der Waals surface area contributed by atoms with E-state index in [1.165, 1.54) is 36.3 Å². The lowest BCUT2D eigenvalue weighted by Gasteiger charge is -2.23. The van der Waals surface area contributed by atoms with Crippen molar-refractivity contribution in [3.63, 3.8) is 0 Å². The summed E-state index contributed by atoms with van der Waals surface area (Å²) in [5.41, 5.74) is 0. The molecular weight excluding hydrogens is 454 g/mol. The number of carbonyl (C=O) groups excluding carboxylic acids is 3. The summed E-state index contributed by atoms with van der Waals surface area (Å²) in [6.07, 6.45) is 0.662. The molecule has 2 heterocycles. The summed E-state index contributed by atoms with van der Waals surface area (Å²) < 4.78 is 43.0. The molecule has 2 saturated heterocycles. The van der Waals surface area contributed by atoms with E-state index in [0.29, 0.717) is 31.9 Å². The summed E-state index contributed by atoms with van der Waals surface area (Å²) >= 11 is 0. The van der Waals surface area contributed by atoms with Gasteiger partial charge in [0, 0.05) is 20.2 Å². The van der Waals surface area contributed by atoms with Crippen LogP contribution in [0.25, 0.3) is 0 Å². The largest absolute Gasteiger partial charge is 0.491 e. The summed E-state index contributed by atoms with van der Waals surface area (Å²) in [6, 6.07) is 3.42. The molecule has 2 fully saturated rings. The third-order valence-corrected chi connectivity index (χ3v) is 7.51. The molecule has 11 nitrogen and oxygen atoms in total. The van der Waals surface area contributed by atoms with Crippen molar-refractivity contribution < 1.29 is 37.0 Å². The first-order valence-electron chi connectivity index (χ1n) is 10.7. The monoisotopic (exact) mass is 483 g/mol. The molecule has 3 amide bonds. The summed E-state index contributed by atoms with van der Waals surface area (Å²) in [5, 5.41) is 0. The van der Waals surface area contributed by atoms with E-state index < -0.39 is 40.0 Å². The maximum absolute atomic E-state index is 13.4. The fourth-order valence-electron chi connectivity index (χ4n) is 4.04. The quantitative estimate of drug-likeness (QED) is 0.271. The van der Waals surface area contributed by atoms with Gasteiger partial charge in [-0.1, -0.05) is 6.92 Å². The molecule has 0 radical (unpaired) electrons. The first-order chi connectivity index (χ1) is 15.7. The summed E-state index contributed by atoms with van der Waals surface area (Å²) in [6.45, 7) is 2.78. The number of amides is 3. The van der Waals surface area contributed by atoms with E-state index in [1.54, 1.807) is 7.11 Å². The number of ether oxygens (including phenoxy) is 3. The van der Waals surface area contributed by atoms with Crippen LogP contribution < -0.4 is 4.74 Å². The minimum atomic E-state index is -4.12. The number of nitrogens with zero attached hydrogens (tertiary/aromatic N) is 3. The number of sulfonamides is 1. The van der Waals surface area contributed by atoms with Crippen LogP contribution in [-0.2, 0) is 29.1 Å². The van der Waals surface area contributed by atoms with Gasteiger partial charge in [0.2, 0.25) is 10.0 Å². The summed E-state index contributed by atoms with van der Waals surface area (Å²) in [4.78, 5) is 40.2. The molecule has 0 saturated carbocycles. The lowest BCUT2D eigenvalue weighted by atomic mass is 10.1. The van der Waals surface area contributed by atoms with Crippen LogP contribution in [0, 0.1) is 0 Å². The van der Waals surface area contributed by atoms with Gasteiger partial charge in [0.15, 0.2) is 0 Å². The first kappa shape index (κ1) is 24.9. The zero-order chi connectivity index (χ0) is 24.2. The number of benzene rings is 1. The fourth-order valence-corrected chi connectivity index (χ4v) is 5.67. The molecular formula is C21H29N3O8S. The van der Waals surface area contributed by atoms with Crippen LogP contribution in [0.4, 0.5) is 4.79 Å². The molecule has 0 aromatic heterocycles. The second-order valence-electron chi connectivity index (χ2n) is 7.78. The maximum atomic E-state index is 13.4. The van der Waals surface area contributed by atoms with Gasteiger partial charge in [-0.05, 0) is 37.1 Å². The van der Waals surface area contributed by atoms with Gasteiger partial charge in [0.1, 0.15) is 24.9 Å². The van der Waals surface area contributed by atoms with Crippen LogP contribution in [0.3, 0.4) is 0 Å². The van der Waals surface area contributed by atoms with Gasteiger partial charge in [-0.15, -0.1) is 0 Å². The van der Waals surface area contributed by atoms with Gasteiger partial charge in [-0.2, -0.15) is 4.31 Å². The van der Waals surface area contributed by atoms with Crippen molar-refractivity contribution in [1.82, 2.24) is 14.1 Å². The Morgan fingerprint density at radius 3 is 2.42 bits per heavy atom. The van der Waals surface area contributed by atoms with Crippen molar-refractivity contribution in [3.05, 3.63) is 24.3 Å². The van der Waals surface area contributed by atoms with Crippen molar-refractivity contribution in [2.75, 3.05) is 47.1 Å². The third-order valence-electron chi connectivity index (χ3n) is 5.62. The summed E-state index contributed by atoms with van der Waals surface area (Å²) in [5.74, 6) is -0.678. The molecule has 1 aromatic rings. The molecule has 0 N–H and O–H groups in total. The Labute approximate surface area is 193 Å². The normalized spacial score (nSPS) is 21.7. The van der Waals surface area contributed by atoms with E-state index in [-0.39, 0.29) is 24.4 Å². The maximum Gasteiger partial charge on any atom is 0.327 e. The van der Waals surface area contributed by atoms with Crippen molar-refractivity contribution in [1.29, 1.82) is 0 Å². The molecule has 0 spiro atoms. The molecule has 3 rings (SSSR count). The van der Waals surface area contributed by atoms with Gasteiger partial charge in [-0.3, -0.25) is 14.5 Å². The number of rotatable bonds is 10. The summed E-state index contributed by atoms with van der Waals surface area (Å²) in [7, 11) is -1.40. The Bertz CT molecular complexity index is 982. The molecule has 1 aromatic carbocycles. The third kappa shape index (κ3) is 5.12. The van der Waals surface area contributed by atoms with E-state index in [4.69, 9.17) is 14.2 Å². The van der Waals surface area contributed by atoms with Crippen molar-refractivity contribution in [2.45, 2.75) is 36.7 Å². The van der Waals surface area contributed by atoms with Gasteiger partial charge in [0.25, 0.3) is 5.91 Å². The molecule has 0 aliphatic carbocycles. The van der Waals surface area contributed by atoms with Crippen LogP contribution >= 0.6 is 0 Å². The fraction of sp³-hybridized carbons (Fsp3) is 0.571. The second kappa shape index (κ2) is 10.5. The average Bonchev–Trinajstić information content (AvgIpc) is 3.35. The van der Waals surface area contributed by atoms with Crippen LogP contribution in [0.2, 0.25) is 0 Å². The zero-order valence-electron chi connectivity index (χ0n) is 18.9. The molecule has 182 valence electrons. The average molecular weight is 484 g/mol. The van der Waals surface area contributed by atoms with Crippen LogP contribution in [0.15, 0.2) is 29.2 Å². The molecule has 2 aliphatic rings. The lowest BCUT2D eigenvalue weighted by molar-refractivity contribution is -0.144. The van der Waals surface area contributed by atoms with E-state index >= 15 is 0 Å². The smallest absolute Gasteiger partial charge is 0.327 e. The van der Waals surface area contributed by atoms with Crippen LogP contribution in [0.5, 0.6) is 5.75 Å². The zero-order valence-corrected chi connectivity index (χ0v) is 19.7. The molecule has 2 aliphatic heterocycles. The topological polar surface area (TPSA) is 123 Å². The number of methoxy groups -OCH3 is 2. The van der Waals surface area contributed by atoms with Gasteiger partial charge >= 0.3 is 12.0 Å². The van der Waals surface area contributed by atoms with Gasteiger partial charge < -0.3 is 19.1 Å². The predicted molar refractivity (Wildman–Crippen MR) is 116 cm³/mol. The Balaban J connectivity index is 1.83. The Morgan fingerprint density at radius 1 is 1.12 bits per heavy atom. The highest BCUT2D eigenvalue weighted by Gasteiger charge is 2.51. The Kier molecular flexibility index (Phi) is 7.92. The number of hydrogen-bond donors (Lipinski definition) is 0. The van der Waals surface area contributed by atoms with Crippen LogP contribution in [0.1, 0.15) is 19.8 Å². The molecule has 0 bridgehead atoms. The number of carbonyl (C=O) groups is 3. The second-order valence-corrected chi connectivity index (χ2v) is 9.67. The number of imide groups is 1. The number of hydrogen-bond acceptors (Lipinski definition) is 8. The molecule has 2 atom stereocenters. The van der Waals surface area contributed by atoms with Crippen LogP contribution in [-0.4, -0.2) is 99.6 Å². The number of esters is 1. The highest BCUT2D eigenvalue weighted by Crippen LogP contribution is 2.32. The van der Waals surface area contributed by atoms with Crippen molar-refractivity contribution in [3.8, 4) is 5.75 Å². The molecule has 33 heavy (non-hydrogen) atoms. The Morgan fingerprint density at radius 2 is 1.82 bits per heavy atom. The highest BCUT2D eigenvalue weighted by molar-refractivity contribution is 7.89. The molecule has 0 unspecified atom stereocenters. The van der Waals surface area contributed by atoms with E-state index in [2.05, 4.69) is 0 Å². The number of urea groups is 1. The van der Waals surface area contributed by atoms with Gasteiger partial charge in [0.05, 0.1) is 24.7 Å². The lowest BCUT2D eigenvalue weighted by Crippen LogP contribution is -2.44. The van der Waals surface area contributed by atoms with Gasteiger partial charge in [-0.25, -0.2) is 13.2 Å². The first-order valence-corrected chi connectivity index (χ1v) is 12.1. The van der Waals surface area contributed by atoms with E-state index in [1.807, 2.05) is 6.92 Å². The van der Waals surface area contributed by atoms with Crippen molar-refractivity contribution in [2.24, 2.45) is 0 Å². The van der Waals surface area contributed by atoms with Crippen molar-refractivity contribution >= 4 is 27.9 Å². The standard InChI is InChI=1S/C21H29N3O8S/c1-4-9-22-14-19(25)24(21(22)27)15-12-18(20(26)31-3)23(13-15)33(28,29)17-7-5-16(6-8-17)32-11-10-30-2/h5-8,15,18H,4,9-14H2,1-3H3/t15-,18+/m0/s1. The van der Waals surface area contributed by atoms with E-state index in [9.17, 15) is 22.8 Å². The Hall–Kier alpha value is -2.70. The molecule has 12 heteroatoms. The SMILES string of the molecule is CCCN1CC(=O)N([C@H]2C[C@H](C(=O)OC)N(S(=O)(=O)c3ccc(OCCOC)cc3)C2)C1=O. The minimum absolute atomic E-state index is 0.0262. The predicted octanol–water partition coefficient (Wildman–Crippen LogP) is 0.691. The van der Waals surface area contributed by atoms with E-state index in [0.717, 1.165) is 9.21 Å². The highest BCUT2D eigenvalue weighted by atomic mass is 32.2.